The van der Waals surface area contributed by atoms with E-state index in [9.17, 15) is 4.79 Å². The Morgan fingerprint density at radius 2 is 2.00 bits per heavy atom. The van der Waals surface area contributed by atoms with Crippen molar-refractivity contribution >= 4 is 17.5 Å². The minimum absolute atomic E-state index is 0.250. The first-order chi connectivity index (χ1) is 9.08. The molecule has 2 fully saturated rings. The monoisotopic (exact) mass is 261 g/mol. The van der Waals surface area contributed by atoms with Gasteiger partial charge < -0.3 is 15.4 Å². The molecule has 2 aliphatic rings. The van der Waals surface area contributed by atoms with E-state index in [1.807, 2.05) is 12.1 Å². The van der Waals surface area contributed by atoms with Gasteiger partial charge in [0.25, 0.3) is 0 Å². The summed E-state index contributed by atoms with van der Waals surface area (Å²) in [5.41, 5.74) is 6.88. The number of hydrogen-bond acceptors (Lipinski definition) is 4. The minimum atomic E-state index is -0.342. The molecule has 1 unspecified atom stereocenters. The zero-order valence-corrected chi connectivity index (χ0v) is 11.1. The maximum atomic E-state index is 12.1. The van der Waals surface area contributed by atoms with Crippen LogP contribution in [0, 0.1) is 0 Å². The van der Waals surface area contributed by atoms with E-state index in [1.165, 1.54) is 0 Å². The first-order valence-corrected chi connectivity index (χ1v) is 6.63. The summed E-state index contributed by atoms with van der Waals surface area (Å²) >= 11 is 0. The predicted molar refractivity (Wildman–Crippen MR) is 74.1 cm³/mol. The van der Waals surface area contributed by atoms with Crippen molar-refractivity contribution in [1.29, 1.82) is 0 Å². The highest BCUT2D eigenvalue weighted by molar-refractivity contribution is 5.90. The molecule has 2 heterocycles. The molecule has 5 heteroatoms. The van der Waals surface area contributed by atoms with E-state index in [1.54, 1.807) is 17.0 Å². The van der Waals surface area contributed by atoms with Gasteiger partial charge in [0, 0.05) is 17.9 Å². The average Bonchev–Trinajstić information content (AvgIpc) is 2.66. The third-order valence-electron chi connectivity index (χ3n) is 3.91. The number of carbonyl (C=O) groups excluding carboxylic acids is 1. The Morgan fingerprint density at radius 3 is 2.68 bits per heavy atom. The van der Waals surface area contributed by atoms with Gasteiger partial charge in [-0.25, -0.2) is 4.79 Å². The number of ether oxygens (including phenoxy) is 1. The molecule has 19 heavy (non-hydrogen) atoms. The molecule has 0 bridgehead atoms. The lowest BCUT2D eigenvalue weighted by Crippen LogP contribution is -2.49. The van der Waals surface area contributed by atoms with Crippen LogP contribution in [0.15, 0.2) is 24.3 Å². The quantitative estimate of drug-likeness (QED) is 0.782. The van der Waals surface area contributed by atoms with Crippen LogP contribution in [-0.2, 0) is 4.74 Å². The summed E-state index contributed by atoms with van der Waals surface area (Å²) in [5.74, 6) is 0. The van der Waals surface area contributed by atoms with Gasteiger partial charge in [-0.2, -0.15) is 0 Å². The molecule has 1 aromatic carbocycles. The third-order valence-corrected chi connectivity index (χ3v) is 3.91. The summed E-state index contributed by atoms with van der Waals surface area (Å²) in [6.45, 7) is 2.51. The van der Waals surface area contributed by atoms with Gasteiger partial charge in [0.15, 0.2) is 0 Å². The second-order valence-electron chi connectivity index (χ2n) is 5.57. The second kappa shape index (κ2) is 4.42. The topological polar surface area (TPSA) is 58.8 Å². The van der Waals surface area contributed by atoms with E-state index in [0.29, 0.717) is 12.2 Å². The van der Waals surface area contributed by atoms with Crippen LogP contribution < -0.4 is 10.6 Å². The number of carbonyl (C=O) groups is 1. The molecule has 2 N–H and O–H groups in total. The standard InChI is InChI=1S/C14H19N3O2/c1-16-8-2-7-14(9-16)10-17(13(18)19-14)12-5-3-11(15)4-6-12/h3-6H,2,7-10,15H2,1H3. The Kier molecular flexibility index (Phi) is 2.86. The highest BCUT2D eigenvalue weighted by Gasteiger charge is 2.47. The largest absolute Gasteiger partial charge is 0.439 e. The predicted octanol–water partition coefficient (Wildman–Crippen LogP) is 1.69. The van der Waals surface area contributed by atoms with Crippen LogP contribution in [0.25, 0.3) is 0 Å². The number of nitrogen functional groups attached to an aromatic ring is 1. The van der Waals surface area contributed by atoms with Crippen LogP contribution in [0.4, 0.5) is 16.2 Å². The third kappa shape index (κ3) is 2.26. The Bertz CT molecular complexity index is 488. The fraction of sp³-hybridized carbons (Fsp3) is 0.500. The van der Waals surface area contributed by atoms with Crippen molar-refractivity contribution in [2.24, 2.45) is 0 Å². The number of hydrogen-bond donors (Lipinski definition) is 1. The molecule has 3 rings (SSSR count). The molecule has 1 aromatic rings. The van der Waals surface area contributed by atoms with Gasteiger partial charge in [0.2, 0.25) is 0 Å². The molecular formula is C14H19N3O2. The molecule has 102 valence electrons. The molecule has 0 aromatic heterocycles. The summed E-state index contributed by atoms with van der Waals surface area (Å²) in [4.78, 5) is 16.0. The Labute approximate surface area is 112 Å². The molecular weight excluding hydrogens is 242 g/mol. The average molecular weight is 261 g/mol. The van der Waals surface area contributed by atoms with Crippen molar-refractivity contribution in [3.8, 4) is 0 Å². The van der Waals surface area contributed by atoms with Gasteiger partial charge in [-0.15, -0.1) is 0 Å². The Balaban J connectivity index is 1.81. The molecule has 2 aliphatic heterocycles. The van der Waals surface area contributed by atoms with E-state index in [4.69, 9.17) is 10.5 Å². The van der Waals surface area contributed by atoms with Crippen LogP contribution in [0.2, 0.25) is 0 Å². The van der Waals surface area contributed by atoms with Crippen molar-refractivity contribution < 1.29 is 9.53 Å². The summed E-state index contributed by atoms with van der Waals surface area (Å²) in [6, 6.07) is 7.34. The number of benzene rings is 1. The molecule has 2 saturated heterocycles. The molecule has 1 spiro atoms. The molecule has 1 amide bonds. The van der Waals surface area contributed by atoms with Crippen molar-refractivity contribution in [3.63, 3.8) is 0 Å². The fourth-order valence-electron chi connectivity index (χ4n) is 3.01. The zero-order chi connectivity index (χ0) is 13.5. The fourth-order valence-corrected chi connectivity index (χ4v) is 3.01. The zero-order valence-electron chi connectivity index (χ0n) is 11.1. The van der Waals surface area contributed by atoms with Crippen molar-refractivity contribution in [2.45, 2.75) is 18.4 Å². The highest BCUT2D eigenvalue weighted by atomic mass is 16.6. The van der Waals surface area contributed by atoms with E-state index in [0.717, 1.165) is 31.6 Å². The lowest BCUT2D eigenvalue weighted by molar-refractivity contribution is -0.000385. The van der Waals surface area contributed by atoms with Crippen LogP contribution in [0.3, 0.4) is 0 Å². The van der Waals surface area contributed by atoms with Gasteiger partial charge >= 0.3 is 6.09 Å². The summed E-state index contributed by atoms with van der Waals surface area (Å²) in [7, 11) is 2.07. The normalized spacial score (nSPS) is 27.8. The lowest BCUT2D eigenvalue weighted by atomic mass is 9.93. The molecule has 0 radical (unpaired) electrons. The van der Waals surface area contributed by atoms with Crippen molar-refractivity contribution in [3.05, 3.63) is 24.3 Å². The number of amides is 1. The van der Waals surface area contributed by atoms with Gasteiger partial charge in [-0.05, 0) is 50.7 Å². The number of nitrogens with zero attached hydrogens (tertiary/aromatic N) is 2. The van der Waals surface area contributed by atoms with Crippen molar-refractivity contribution in [1.82, 2.24) is 4.90 Å². The molecule has 5 nitrogen and oxygen atoms in total. The van der Waals surface area contributed by atoms with E-state index in [-0.39, 0.29) is 11.7 Å². The Morgan fingerprint density at radius 1 is 1.26 bits per heavy atom. The van der Waals surface area contributed by atoms with Crippen LogP contribution in [-0.4, -0.2) is 43.3 Å². The molecule has 0 saturated carbocycles. The van der Waals surface area contributed by atoms with Crippen molar-refractivity contribution in [2.75, 3.05) is 37.3 Å². The van der Waals surface area contributed by atoms with Crippen LogP contribution in [0.1, 0.15) is 12.8 Å². The highest BCUT2D eigenvalue weighted by Crippen LogP contribution is 2.34. The van der Waals surface area contributed by atoms with E-state index >= 15 is 0 Å². The maximum absolute atomic E-state index is 12.1. The summed E-state index contributed by atoms with van der Waals surface area (Å²) in [5, 5.41) is 0. The minimum Gasteiger partial charge on any atom is -0.439 e. The van der Waals surface area contributed by atoms with Gasteiger partial charge in [-0.1, -0.05) is 0 Å². The summed E-state index contributed by atoms with van der Waals surface area (Å²) < 4.78 is 5.67. The molecule has 1 atom stereocenters. The van der Waals surface area contributed by atoms with Gasteiger partial charge in [-0.3, -0.25) is 4.90 Å². The SMILES string of the molecule is CN1CCCC2(C1)CN(c1ccc(N)cc1)C(=O)O2. The first kappa shape index (κ1) is 12.3. The smallest absolute Gasteiger partial charge is 0.415 e. The molecule has 0 aliphatic carbocycles. The number of nitrogens with two attached hydrogens (primary N) is 1. The Hall–Kier alpha value is -1.75. The first-order valence-electron chi connectivity index (χ1n) is 6.63. The number of likely N-dealkylation sites (tertiary alicyclic amines) is 1. The van der Waals surface area contributed by atoms with Crippen LogP contribution >= 0.6 is 0 Å². The van der Waals surface area contributed by atoms with Gasteiger partial charge in [0.05, 0.1) is 6.54 Å². The lowest BCUT2D eigenvalue weighted by Gasteiger charge is -2.36. The number of piperidine rings is 1. The number of anilines is 2. The van der Waals surface area contributed by atoms with Crippen LogP contribution in [0.5, 0.6) is 0 Å². The summed E-state index contributed by atoms with van der Waals surface area (Å²) in [6.07, 6.45) is 1.76. The number of rotatable bonds is 1. The second-order valence-corrected chi connectivity index (χ2v) is 5.57. The van der Waals surface area contributed by atoms with E-state index < -0.39 is 0 Å². The number of likely N-dealkylation sites (N-methyl/N-ethyl adjacent to an activating group) is 1. The van der Waals surface area contributed by atoms with Gasteiger partial charge in [0.1, 0.15) is 5.60 Å². The maximum Gasteiger partial charge on any atom is 0.415 e. The van der Waals surface area contributed by atoms with E-state index in [2.05, 4.69) is 11.9 Å².